The normalized spacial score (nSPS) is 23.5. The van der Waals surface area contributed by atoms with Crippen LogP contribution < -0.4 is 10.6 Å². The fourth-order valence-electron chi connectivity index (χ4n) is 3.73. The van der Waals surface area contributed by atoms with Crippen LogP contribution in [0.4, 0.5) is 9.18 Å². The fraction of sp³-hybridized carbons (Fsp3) is 0.304. The van der Waals surface area contributed by atoms with Crippen molar-refractivity contribution in [2.75, 3.05) is 13.1 Å². The number of likely N-dealkylation sites (tertiary alicyclic amines) is 1. The van der Waals surface area contributed by atoms with Gasteiger partial charge < -0.3 is 20.6 Å². The van der Waals surface area contributed by atoms with Gasteiger partial charge in [0.2, 0.25) is 0 Å². The maximum atomic E-state index is 13.2. The zero-order valence-electron chi connectivity index (χ0n) is 16.8. The minimum absolute atomic E-state index is 0.271. The molecule has 0 spiro atoms. The Balaban J connectivity index is 1.96. The van der Waals surface area contributed by atoms with Crippen molar-refractivity contribution in [3.05, 3.63) is 84.2 Å². The second kappa shape index (κ2) is 9.09. The molecule has 0 radical (unpaired) electrons. The van der Waals surface area contributed by atoms with Gasteiger partial charge in [0.05, 0.1) is 17.7 Å². The van der Waals surface area contributed by atoms with E-state index in [1.807, 2.05) is 30.3 Å². The van der Waals surface area contributed by atoms with Crippen LogP contribution in [0.15, 0.2) is 67.3 Å². The van der Waals surface area contributed by atoms with Gasteiger partial charge in [0.1, 0.15) is 5.82 Å². The molecule has 3 N–H and O–H groups in total. The molecule has 0 aromatic heterocycles. The Hall–Kier alpha value is -3.19. The molecule has 158 valence electrons. The zero-order valence-corrected chi connectivity index (χ0v) is 16.8. The lowest BCUT2D eigenvalue weighted by atomic mass is 9.79. The number of nitrogens with zero attached hydrogens (tertiary/aromatic N) is 1. The number of rotatable bonds is 5. The molecule has 3 atom stereocenters. The third kappa shape index (κ3) is 4.68. The van der Waals surface area contributed by atoms with Gasteiger partial charge in [0.15, 0.2) is 0 Å². The SMILES string of the molecule is C=CCNC(=O)N1CCC(C)(O)C(NC(=O)c2ccc(F)cc2)C1c1ccccc1. The highest BCUT2D eigenvalue weighted by atomic mass is 19.1. The Labute approximate surface area is 175 Å². The topological polar surface area (TPSA) is 81.7 Å². The number of benzene rings is 2. The second-order valence-corrected chi connectivity index (χ2v) is 7.59. The van der Waals surface area contributed by atoms with E-state index in [0.717, 1.165) is 5.56 Å². The van der Waals surface area contributed by atoms with Gasteiger partial charge in [-0.05, 0) is 43.2 Å². The van der Waals surface area contributed by atoms with E-state index in [-0.39, 0.29) is 18.0 Å². The number of aliphatic hydroxyl groups is 1. The Kier molecular flexibility index (Phi) is 6.52. The predicted molar refractivity (Wildman–Crippen MR) is 112 cm³/mol. The number of urea groups is 1. The Bertz CT molecular complexity index is 900. The van der Waals surface area contributed by atoms with Crippen molar-refractivity contribution >= 4 is 11.9 Å². The van der Waals surface area contributed by atoms with Crippen LogP contribution in [0.5, 0.6) is 0 Å². The fourth-order valence-corrected chi connectivity index (χ4v) is 3.73. The Morgan fingerprint density at radius 1 is 1.23 bits per heavy atom. The first kappa shape index (κ1) is 21.5. The van der Waals surface area contributed by atoms with Crippen molar-refractivity contribution in [2.45, 2.75) is 31.0 Å². The van der Waals surface area contributed by atoms with Gasteiger partial charge in [-0.3, -0.25) is 4.79 Å². The van der Waals surface area contributed by atoms with E-state index in [9.17, 15) is 19.1 Å². The van der Waals surface area contributed by atoms with Crippen LogP contribution in [0.25, 0.3) is 0 Å². The van der Waals surface area contributed by atoms with E-state index in [1.165, 1.54) is 24.3 Å². The molecule has 1 aliphatic rings. The number of halogens is 1. The summed E-state index contributed by atoms with van der Waals surface area (Å²) in [6.07, 6.45) is 1.87. The maximum absolute atomic E-state index is 13.2. The van der Waals surface area contributed by atoms with Crippen LogP contribution >= 0.6 is 0 Å². The summed E-state index contributed by atoms with van der Waals surface area (Å²) in [5, 5.41) is 16.8. The molecular weight excluding hydrogens is 385 g/mol. The van der Waals surface area contributed by atoms with Crippen molar-refractivity contribution in [3.63, 3.8) is 0 Å². The molecule has 7 heteroatoms. The molecule has 30 heavy (non-hydrogen) atoms. The maximum Gasteiger partial charge on any atom is 0.318 e. The highest BCUT2D eigenvalue weighted by molar-refractivity contribution is 5.94. The van der Waals surface area contributed by atoms with Crippen molar-refractivity contribution in [1.29, 1.82) is 0 Å². The van der Waals surface area contributed by atoms with Crippen molar-refractivity contribution < 1.29 is 19.1 Å². The van der Waals surface area contributed by atoms with E-state index in [1.54, 1.807) is 17.9 Å². The van der Waals surface area contributed by atoms with E-state index in [4.69, 9.17) is 0 Å². The van der Waals surface area contributed by atoms with Gasteiger partial charge >= 0.3 is 6.03 Å². The average Bonchev–Trinajstić information content (AvgIpc) is 2.74. The summed E-state index contributed by atoms with van der Waals surface area (Å²) in [6, 6.07) is 12.8. The molecule has 2 aromatic rings. The third-order valence-electron chi connectivity index (χ3n) is 5.37. The number of piperidine rings is 1. The molecule has 3 amide bonds. The third-order valence-corrected chi connectivity index (χ3v) is 5.37. The van der Waals surface area contributed by atoms with Crippen LogP contribution in [0.1, 0.15) is 35.3 Å². The first-order valence-electron chi connectivity index (χ1n) is 9.82. The standard InChI is InChI=1S/C23H26FN3O3/c1-3-14-25-22(29)27-15-13-23(2,30)20(19(27)16-7-5-4-6-8-16)26-21(28)17-9-11-18(24)12-10-17/h3-12,19-20,30H,1,13-15H2,2H3,(H,25,29)(H,26,28). The number of carbonyl (C=O) groups is 2. The second-order valence-electron chi connectivity index (χ2n) is 7.59. The van der Waals surface area contributed by atoms with Gasteiger partial charge in [-0.1, -0.05) is 36.4 Å². The number of amides is 3. The Morgan fingerprint density at radius 2 is 1.90 bits per heavy atom. The summed E-state index contributed by atoms with van der Waals surface area (Å²) in [4.78, 5) is 27.3. The van der Waals surface area contributed by atoms with Gasteiger partial charge in [-0.15, -0.1) is 6.58 Å². The molecule has 1 saturated heterocycles. The molecular formula is C23H26FN3O3. The predicted octanol–water partition coefficient (Wildman–Crippen LogP) is 3.02. The van der Waals surface area contributed by atoms with Gasteiger partial charge in [0.25, 0.3) is 5.91 Å². The van der Waals surface area contributed by atoms with Gasteiger partial charge in [-0.25, -0.2) is 9.18 Å². The molecule has 0 saturated carbocycles. The van der Waals surface area contributed by atoms with Crippen molar-refractivity contribution in [3.8, 4) is 0 Å². The monoisotopic (exact) mass is 411 g/mol. The average molecular weight is 411 g/mol. The quantitative estimate of drug-likeness (QED) is 0.662. The minimum atomic E-state index is -1.26. The molecule has 3 rings (SSSR count). The molecule has 2 aromatic carbocycles. The molecule has 1 aliphatic heterocycles. The smallest absolute Gasteiger partial charge is 0.318 e. The van der Waals surface area contributed by atoms with E-state index < -0.39 is 29.4 Å². The largest absolute Gasteiger partial charge is 0.388 e. The number of nitrogens with one attached hydrogen (secondary N) is 2. The highest BCUT2D eigenvalue weighted by Crippen LogP contribution is 2.37. The number of carbonyl (C=O) groups excluding carboxylic acids is 2. The number of hydrogen-bond donors (Lipinski definition) is 3. The summed E-state index contributed by atoms with van der Waals surface area (Å²) in [6.45, 7) is 5.89. The van der Waals surface area contributed by atoms with Crippen LogP contribution in [0.3, 0.4) is 0 Å². The Morgan fingerprint density at radius 3 is 2.53 bits per heavy atom. The summed E-state index contributed by atoms with van der Waals surface area (Å²) in [7, 11) is 0. The van der Waals surface area contributed by atoms with Crippen LogP contribution in [-0.2, 0) is 0 Å². The lowest BCUT2D eigenvalue weighted by Crippen LogP contribution is -2.64. The van der Waals surface area contributed by atoms with Crippen LogP contribution in [0, 0.1) is 5.82 Å². The lowest BCUT2D eigenvalue weighted by molar-refractivity contribution is -0.0510. The lowest BCUT2D eigenvalue weighted by Gasteiger charge is -2.49. The van der Waals surface area contributed by atoms with E-state index >= 15 is 0 Å². The summed E-state index contributed by atoms with van der Waals surface area (Å²) >= 11 is 0. The summed E-state index contributed by atoms with van der Waals surface area (Å²) in [5.74, 6) is -0.891. The number of hydrogen-bond acceptors (Lipinski definition) is 3. The van der Waals surface area contributed by atoms with Crippen molar-refractivity contribution in [1.82, 2.24) is 15.5 Å². The molecule has 3 unspecified atom stereocenters. The molecule has 0 aliphatic carbocycles. The van der Waals surface area contributed by atoms with Crippen molar-refractivity contribution in [2.24, 2.45) is 0 Å². The molecule has 1 heterocycles. The molecule has 0 bridgehead atoms. The minimum Gasteiger partial charge on any atom is -0.388 e. The molecule has 1 fully saturated rings. The van der Waals surface area contributed by atoms with E-state index in [0.29, 0.717) is 13.1 Å². The first-order valence-corrected chi connectivity index (χ1v) is 9.82. The summed E-state index contributed by atoms with van der Waals surface area (Å²) in [5.41, 5.74) is -0.200. The first-order chi connectivity index (χ1) is 14.3. The van der Waals surface area contributed by atoms with Gasteiger partial charge in [-0.2, -0.15) is 0 Å². The zero-order chi connectivity index (χ0) is 21.7. The van der Waals surface area contributed by atoms with Gasteiger partial charge in [0, 0.05) is 18.7 Å². The van der Waals surface area contributed by atoms with Crippen LogP contribution in [0.2, 0.25) is 0 Å². The summed E-state index contributed by atoms with van der Waals surface area (Å²) < 4.78 is 13.2. The molecule has 6 nitrogen and oxygen atoms in total. The van der Waals surface area contributed by atoms with Crippen LogP contribution in [-0.4, -0.2) is 46.7 Å². The highest BCUT2D eigenvalue weighted by Gasteiger charge is 2.47. The van der Waals surface area contributed by atoms with E-state index in [2.05, 4.69) is 17.2 Å².